The van der Waals surface area contributed by atoms with E-state index in [2.05, 4.69) is 16.7 Å². The summed E-state index contributed by atoms with van der Waals surface area (Å²) in [5.41, 5.74) is 7.34. The van der Waals surface area contributed by atoms with Crippen LogP contribution < -0.4 is 5.73 Å². The molecule has 1 aromatic heterocycles. The van der Waals surface area contributed by atoms with Gasteiger partial charge in [-0.2, -0.15) is 0 Å². The van der Waals surface area contributed by atoms with Gasteiger partial charge < -0.3 is 15.0 Å². The number of primary amides is 1. The van der Waals surface area contributed by atoms with Crippen LogP contribution in [0.25, 0.3) is 0 Å². The number of carbonyl (C=O) groups is 1. The largest absolute Gasteiger partial charge is 0.370 e. The molecule has 78 valence electrons. The van der Waals surface area contributed by atoms with E-state index in [9.17, 15) is 4.79 Å². The first-order valence-electron chi connectivity index (χ1n) is 4.60. The highest BCUT2D eigenvalue weighted by Crippen LogP contribution is 2.06. The molecule has 0 atom stereocenters. The lowest BCUT2D eigenvalue weighted by atomic mass is 10.5. The lowest BCUT2D eigenvalue weighted by Crippen LogP contribution is -2.20. The van der Waals surface area contributed by atoms with Crippen molar-refractivity contribution < 1.29 is 9.53 Å². The van der Waals surface area contributed by atoms with E-state index in [0.717, 1.165) is 6.54 Å². The van der Waals surface area contributed by atoms with E-state index in [1.165, 1.54) is 11.4 Å². The summed E-state index contributed by atoms with van der Waals surface area (Å²) in [6.45, 7) is 5.36. The van der Waals surface area contributed by atoms with Gasteiger partial charge in [0.05, 0.1) is 6.61 Å². The maximum absolute atomic E-state index is 10.4. The molecule has 0 saturated heterocycles. The van der Waals surface area contributed by atoms with E-state index in [4.69, 9.17) is 10.5 Å². The number of aryl methyl sites for hydroxylation is 2. The number of hydrogen-bond donors (Lipinski definition) is 1. The molecular formula is C10H16N2O2. The van der Waals surface area contributed by atoms with Crippen molar-refractivity contribution in [3.8, 4) is 0 Å². The zero-order valence-electron chi connectivity index (χ0n) is 8.62. The molecule has 0 aliphatic carbocycles. The van der Waals surface area contributed by atoms with Gasteiger partial charge in [0, 0.05) is 17.9 Å². The molecule has 1 amide bonds. The monoisotopic (exact) mass is 196 g/mol. The number of nitrogens with zero attached hydrogens (tertiary/aromatic N) is 1. The quantitative estimate of drug-likeness (QED) is 0.701. The lowest BCUT2D eigenvalue weighted by Gasteiger charge is -2.08. The molecule has 4 heteroatoms. The van der Waals surface area contributed by atoms with Gasteiger partial charge in [-0.3, -0.25) is 4.79 Å². The SMILES string of the molecule is Cc1ccc(C)n1CCOCC(N)=O. The van der Waals surface area contributed by atoms with E-state index in [1.54, 1.807) is 0 Å². The second-order valence-corrected chi connectivity index (χ2v) is 3.29. The normalized spacial score (nSPS) is 10.4. The summed E-state index contributed by atoms with van der Waals surface area (Å²) in [4.78, 5) is 10.4. The van der Waals surface area contributed by atoms with E-state index in [0.29, 0.717) is 6.61 Å². The second-order valence-electron chi connectivity index (χ2n) is 3.29. The van der Waals surface area contributed by atoms with E-state index in [1.807, 2.05) is 13.8 Å². The van der Waals surface area contributed by atoms with Crippen LogP contribution in [0.4, 0.5) is 0 Å². The highest BCUT2D eigenvalue weighted by atomic mass is 16.5. The van der Waals surface area contributed by atoms with Crippen molar-refractivity contribution >= 4 is 5.91 Å². The number of rotatable bonds is 5. The molecule has 0 spiro atoms. The standard InChI is InChI=1S/C10H16N2O2/c1-8-3-4-9(2)12(8)5-6-14-7-10(11)13/h3-4H,5-7H2,1-2H3,(H2,11,13). The van der Waals surface area contributed by atoms with Crippen molar-refractivity contribution in [2.24, 2.45) is 5.73 Å². The highest BCUT2D eigenvalue weighted by molar-refractivity contribution is 5.74. The van der Waals surface area contributed by atoms with Crippen LogP contribution in [0.5, 0.6) is 0 Å². The third-order valence-corrected chi connectivity index (χ3v) is 2.12. The number of amides is 1. The molecule has 0 aliphatic heterocycles. The Bertz CT molecular complexity index is 298. The number of hydrogen-bond acceptors (Lipinski definition) is 2. The highest BCUT2D eigenvalue weighted by Gasteiger charge is 2.00. The van der Waals surface area contributed by atoms with Crippen LogP contribution in [0.2, 0.25) is 0 Å². The fourth-order valence-electron chi connectivity index (χ4n) is 1.38. The van der Waals surface area contributed by atoms with Gasteiger partial charge in [-0.1, -0.05) is 0 Å². The summed E-state index contributed by atoms with van der Waals surface area (Å²) in [7, 11) is 0. The minimum atomic E-state index is -0.425. The summed E-state index contributed by atoms with van der Waals surface area (Å²) < 4.78 is 7.22. The lowest BCUT2D eigenvalue weighted by molar-refractivity contribution is -0.122. The molecule has 0 saturated carbocycles. The molecule has 14 heavy (non-hydrogen) atoms. The van der Waals surface area contributed by atoms with Crippen LogP contribution in [-0.2, 0) is 16.1 Å². The first-order chi connectivity index (χ1) is 6.61. The van der Waals surface area contributed by atoms with Crippen molar-refractivity contribution in [3.05, 3.63) is 23.5 Å². The Morgan fingerprint density at radius 3 is 2.50 bits per heavy atom. The smallest absolute Gasteiger partial charge is 0.243 e. The Morgan fingerprint density at radius 1 is 1.43 bits per heavy atom. The first kappa shape index (κ1) is 10.8. The van der Waals surface area contributed by atoms with Crippen LogP contribution in [0, 0.1) is 13.8 Å². The van der Waals surface area contributed by atoms with Crippen LogP contribution in [0.3, 0.4) is 0 Å². The van der Waals surface area contributed by atoms with Gasteiger partial charge in [0.2, 0.25) is 5.91 Å². The molecular weight excluding hydrogens is 180 g/mol. The maximum atomic E-state index is 10.4. The molecule has 1 rings (SSSR count). The predicted molar refractivity (Wildman–Crippen MR) is 53.9 cm³/mol. The van der Waals surface area contributed by atoms with Crippen molar-refractivity contribution in [1.82, 2.24) is 4.57 Å². The Labute approximate surface area is 83.7 Å². The average molecular weight is 196 g/mol. The predicted octanol–water partition coefficient (Wildman–Crippen LogP) is 0.607. The fraction of sp³-hybridized carbons (Fsp3) is 0.500. The summed E-state index contributed by atoms with van der Waals surface area (Å²) in [6.07, 6.45) is 0. The van der Waals surface area contributed by atoms with Gasteiger partial charge in [0.15, 0.2) is 0 Å². The van der Waals surface area contributed by atoms with Gasteiger partial charge in [-0.25, -0.2) is 0 Å². The molecule has 4 nitrogen and oxygen atoms in total. The van der Waals surface area contributed by atoms with Crippen LogP contribution in [-0.4, -0.2) is 23.7 Å². The maximum Gasteiger partial charge on any atom is 0.243 e. The Morgan fingerprint density at radius 2 is 2.00 bits per heavy atom. The number of carbonyl (C=O) groups excluding carboxylic acids is 1. The van der Waals surface area contributed by atoms with Crippen molar-refractivity contribution in [2.75, 3.05) is 13.2 Å². The summed E-state index contributed by atoms with van der Waals surface area (Å²) in [6, 6.07) is 4.12. The summed E-state index contributed by atoms with van der Waals surface area (Å²) in [5.74, 6) is -0.425. The van der Waals surface area contributed by atoms with Crippen LogP contribution in [0.15, 0.2) is 12.1 Å². The molecule has 2 N–H and O–H groups in total. The average Bonchev–Trinajstić information content (AvgIpc) is 2.42. The van der Waals surface area contributed by atoms with E-state index >= 15 is 0 Å². The van der Waals surface area contributed by atoms with Gasteiger partial charge in [-0.15, -0.1) is 0 Å². The third kappa shape index (κ3) is 2.88. The van der Waals surface area contributed by atoms with Gasteiger partial charge in [0.1, 0.15) is 6.61 Å². The summed E-state index contributed by atoms with van der Waals surface area (Å²) >= 11 is 0. The van der Waals surface area contributed by atoms with Crippen LogP contribution in [0.1, 0.15) is 11.4 Å². The zero-order chi connectivity index (χ0) is 10.6. The molecule has 1 aromatic rings. The van der Waals surface area contributed by atoms with Crippen molar-refractivity contribution in [3.63, 3.8) is 0 Å². The van der Waals surface area contributed by atoms with Gasteiger partial charge in [-0.05, 0) is 26.0 Å². The second kappa shape index (κ2) is 4.81. The number of ether oxygens (including phenoxy) is 1. The first-order valence-corrected chi connectivity index (χ1v) is 4.60. The molecule has 0 unspecified atom stereocenters. The molecule has 0 fully saturated rings. The summed E-state index contributed by atoms with van der Waals surface area (Å²) in [5, 5.41) is 0. The number of aromatic nitrogens is 1. The zero-order valence-corrected chi connectivity index (χ0v) is 8.62. The Kier molecular flexibility index (Phi) is 3.71. The topological polar surface area (TPSA) is 57.2 Å². The fourth-order valence-corrected chi connectivity index (χ4v) is 1.38. The van der Waals surface area contributed by atoms with Crippen LogP contribution >= 0.6 is 0 Å². The molecule has 0 aromatic carbocycles. The number of nitrogens with two attached hydrogens (primary N) is 1. The van der Waals surface area contributed by atoms with Crippen molar-refractivity contribution in [1.29, 1.82) is 0 Å². The van der Waals surface area contributed by atoms with E-state index in [-0.39, 0.29) is 6.61 Å². The molecule has 1 heterocycles. The van der Waals surface area contributed by atoms with Gasteiger partial charge >= 0.3 is 0 Å². The van der Waals surface area contributed by atoms with Crippen molar-refractivity contribution in [2.45, 2.75) is 20.4 Å². The Hall–Kier alpha value is -1.29. The van der Waals surface area contributed by atoms with Gasteiger partial charge in [0.25, 0.3) is 0 Å². The van der Waals surface area contributed by atoms with E-state index < -0.39 is 5.91 Å². The molecule has 0 bridgehead atoms. The minimum Gasteiger partial charge on any atom is -0.370 e. The molecule has 0 radical (unpaired) electrons. The minimum absolute atomic E-state index is 0.000631. The third-order valence-electron chi connectivity index (χ3n) is 2.12. The Balaban J connectivity index is 2.34. The molecule has 0 aliphatic rings.